The van der Waals surface area contributed by atoms with Gasteiger partial charge in [0, 0.05) is 31.4 Å². The van der Waals surface area contributed by atoms with Crippen LogP contribution in [0.3, 0.4) is 0 Å². The number of nitrogens with one attached hydrogen (secondary N) is 2. The van der Waals surface area contributed by atoms with Crippen LogP contribution in [0.2, 0.25) is 0 Å². The first kappa shape index (κ1) is 17.8. The van der Waals surface area contributed by atoms with Crippen LogP contribution >= 0.6 is 12.2 Å². The van der Waals surface area contributed by atoms with Gasteiger partial charge in [-0.05, 0) is 63.0 Å². The number of carbonyl (C=O) groups is 1. The summed E-state index contributed by atoms with van der Waals surface area (Å²) >= 11 is 5.31. The third-order valence-corrected chi connectivity index (χ3v) is 5.17. The SMILES string of the molecule is COCCCn1c(=S)[nH]c2cc(C(=O)NC3(C)CCC3)ccc2c1=O. The van der Waals surface area contributed by atoms with Crippen molar-refractivity contribution >= 4 is 29.0 Å². The van der Waals surface area contributed by atoms with Crippen LogP contribution in [0, 0.1) is 4.77 Å². The zero-order chi connectivity index (χ0) is 18.0. The molecule has 0 atom stereocenters. The van der Waals surface area contributed by atoms with E-state index in [0.717, 1.165) is 19.3 Å². The van der Waals surface area contributed by atoms with Gasteiger partial charge < -0.3 is 15.0 Å². The standard InChI is InChI=1S/C18H23N3O3S/c1-18(7-3-8-18)20-15(22)12-5-6-13-14(11-12)19-17(25)21(16(13)23)9-4-10-24-2/h5-6,11H,3-4,7-10H2,1-2H3,(H,19,25)(H,20,22). The molecule has 1 aromatic heterocycles. The van der Waals surface area contributed by atoms with E-state index in [1.807, 2.05) is 0 Å². The van der Waals surface area contributed by atoms with Gasteiger partial charge in [-0.15, -0.1) is 0 Å². The largest absolute Gasteiger partial charge is 0.385 e. The first-order valence-electron chi connectivity index (χ1n) is 8.52. The van der Waals surface area contributed by atoms with Gasteiger partial charge in [0.2, 0.25) is 0 Å². The van der Waals surface area contributed by atoms with Gasteiger partial charge in [-0.2, -0.15) is 0 Å². The first-order chi connectivity index (χ1) is 11.9. The zero-order valence-electron chi connectivity index (χ0n) is 14.6. The minimum atomic E-state index is -0.146. The number of rotatable bonds is 6. The monoisotopic (exact) mass is 361 g/mol. The Bertz CT molecular complexity index is 912. The Morgan fingerprint density at radius 3 is 2.84 bits per heavy atom. The van der Waals surface area contributed by atoms with E-state index in [-0.39, 0.29) is 17.0 Å². The number of methoxy groups -OCH3 is 1. The lowest BCUT2D eigenvalue weighted by Crippen LogP contribution is -2.50. The number of aromatic amines is 1. The molecule has 0 unspecified atom stereocenters. The van der Waals surface area contributed by atoms with Crippen molar-refractivity contribution in [3.05, 3.63) is 38.9 Å². The van der Waals surface area contributed by atoms with Crippen molar-refractivity contribution in [1.29, 1.82) is 0 Å². The molecule has 0 aliphatic heterocycles. The third kappa shape index (κ3) is 3.67. The fourth-order valence-electron chi connectivity index (χ4n) is 3.14. The Kier molecular flexibility index (Phi) is 5.06. The minimum absolute atomic E-state index is 0.107. The summed E-state index contributed by atoms with van der Waals surface area (Å²) in [4.78, 5) is 28.2. The summed E-state index contributed by atoms with van der Waals surface area (Å²) in [5.41, 5.74) is 0.865. The van der Waals surface area contributed by atoms with Gasteiger partial charge in [-0.1, -0.05) is 0 Å². The van der Waals surface area contributed by atoms with E-state index < -0.39 is 0 Å². The van der Waals surface area contributed by atoms with Crippen LogP contribution in [0.25, 0.3) is 10.9 Å². The van der Waals surface area contributed by atoms with Gasteiger partial charge in [0.05, 0.1) is 10.9 Å². The van der Waals surface area contributed by atoms with Crippen molar-refractivity contribution in [1.82, 2.24) is 14.9 Å². The number of hydrogen-bond donors (Lipinski definition) is 2. The number of fused-ring (bicyclic) bond motifs is 1. The van der Waals surface area contributed by atoms with E-state index in [0.29, 0.717) is 40.8 Å². The number of ether oxygens (including phenoxy) is 1. The number of aromatic nitrogens is 2. The lowest BCUT2D eigenvalue weighted by atomic mass is 9.78. The Morgan fingerprint density at radius 1 is 1.44 bits per heavy atom. The molecule has 6 nitrogen and oxygen atoms in total. The van der Waals surface area contributed by atoms with Crippen LogP contribution in [0.1, 0.15) is 43.0 Å². The van der Waals surface area contributed by atoms with Crippen LogP contribution in [0.4, 0.5) is 0 Å². The molecule has 2 N–H and O–H groups in total. The average Bonchev–Trinajstić information content (AvgIpc) is 2.56. The maximum absolute atomic E-state index is 12.6. The minimum Gasteiger partial charge on any atom is -0.385 e. The lowest BCUT2D eigenvalue weighted by Gasteiger charge is -2.39. The molecule has 0 saturated heterocycles. The molecule has 1 aromatic carbocycles. The van der Waals surface area contributed by atoms with Crippen LogP contribution in [-0.2, 0) is 11.3 Å². The topological polar surface area (TPSA) is 76.1 Å². The lowest BCUT2D eigenvalue weighted by molar-refractivity contribution is 0.0850. The van der Waals surface area contributed by atoms with Crippen LogP contribution in [-0.4, -0.2) is 34.7 Å². The van der Waals surface area contributed by atoms with E-state index in [1.165, 1.54) is 4.57 Å². The van der Waals surface area contributed by atoms with Gasteiger partial charge in [0.15, 0.2) is 4.77 Å². The van der Waals surface area contributed by atoms with E-state index in [2.05, 4.69) is 17.2 Å². The summed E-state index contributed by atoms with van der Waals surface area (Å²) in [6.45, 7) is 3.12. The average molecular weight is 361 g/mol. The molecule has 3 rings (SSSR count). The van der Waals surface area contributed by atoms with Crippen LogP contribution in [0.15, 0.2) is 23.0 Å². The smallest absolute Gasteiger partial charge is 0.262 e. The second-order valence-electron chi connectivity index (χ2n) is 6.86. The number of nitrogens with zero attached hydrogens (tertiary/aromatic N) is 1. The highest BCUT2D eigenvalue weighted by Crippen LogP contribution is 2.31. The van der Waals surface area contributed by atoms with Crippen molar-refractivity contribution in [3.8, 4) is 0 Å². The quantitative estimate of drug-likeness (QED) is 0.613. The van der Waals surface area contributed by atoms with Crippen molar-refractivity contribution in [2.75, 3.05) is 13.7 Å². The Hall–Kier alpha value is -1.99. The van der Waals surface area contributed by atoms with Crippen molar-refractivity contribution < 1.29 is 9.53 Å². The van der Waals surface area contributed by atoms with E-state index in [9.17, 15) is 9.59 Å². The van der Waals surface area contributed by atoms with Gasteiger partial charge in [0.1, 0.15) is 0 Å². The molecule has 1 heterocycles. The molecular weight excluding hydrogens is 338 g/mol. The van der Waals surface area contributed by atoms with E-state index >= 15 is 0 Å². The van der Waals surface area contributed by atoms with Crippen molar-refractivity contribution in [2.45, 2.75) is 44.7 Å². The summed E-state index contributed by atoms with van der Waals surface area (Å²) in [7, 11) is 1.63. The molecule has 1 amide bonds. The number of H-pyrrole nitrogens is 1. The normalized spacial score (nSPS) is 15.8. The number of carbonyl (C=O) groups excluding carboxylic acids is 1. The van der Waals surface area contributed by atoms with Gasteiger partial charge in [0.25, 0.3) is 11.5 Å². The highest BCUT2D eigenvalue weighted by Gasteiger charge is 2.33. The molecule has 0 bridgehead atoms. The fourth-order valence-corrected chi connectivity index (χ4v) is 3.43. The molecule has 134 valence electrons. The summed E-state index contributed by atoms with van der Waals surface area (Å²) in [6.07, 6.45) is 3.85. The maximum Gasteiger partial charge on any atom is 0.262 e. The Morgan fingerprint density at radius 2 is 2.20 bits per heavy atom. The second-order valence-corrected chi connectivity index (χ2v) is 7.25. The molecule has 1 fully saturated rings. The molecule has 1 aliphatic carbocycles. The maximum atomic E-state index is 12.6. The summed E-state index contributed by atoms with van der Waals surface area (Å²) in [6, 6.07) is 5.08. The van der Waals surface area contributed by atoms with Crippen molar-refractivity contribution in [2.24, 2.45) is 0 Å². The molecule has 25 heavy (non-hydrogen) atoms. The number of hydrogen-bond acceptors (Lipinski definition) is 4. The highest BCUT2D eigenvalue weighted by atomic mass is 32.1. The molecule has 0 spiro atoms. The van der Waals surface area contributed by atoms with Gasteiger partial charge in [-0.25, -0.2) is 0 Å². The molecular formula is C18H23N3O3S. The molecule has 7 heteroatoms. The highest BCUT2D eigenvalue weighted by molar-refractivity contribution is 7.71. The summed E-state index contributed by atoms with van der Waals surface area (Å²) in [5.74, 6) is -0.118. The fraction of sp³-hybridized carbons (Fsp3) is 0.500. The van der Waals surface area contributed by atoms with Crippen LogP contribution < -0.4 is 10.9 Å². The summed E-state index contributed by atoms with van der Waals surface area (Å²) in [5, 5.41) is 3.60. The Balaban J connectivity index is 1.90. The van der Waals surface area contributed by atoms with Gasteiger partial charge >= 0.3 is 0 Å². The van der Waals surface area contributed by atoms with Gasteiger partial charge in [-0.3, -0.25) is 14.2 Å². The van der Waals surface area contributed by atoms with Crippen LogP contribution in [0.5, 0.6) is 0 Å². The molecule has 1 aliphatic rings. The summed E-state index contributed by atoms with van der Waals surface area (Å²) < 4.78 is 6.91. The third-order valence-electron chi connectivity index (χ3n) is 4.85. The van der Waals surface area contributed by atoms with Crippen molar-refractivity contribution in [3.63, 3.8) is 0 Å². The predicted molar refractivity (Wildman–Crippen MR) is 99.6 cm³/mol. The molecule has 1 saturated carbocycles. The Labute approximate surface area is 151 Å². The predicted octanol–water partition coefficient (Wildman–Crippen LogP) is 2.77. The number of benzene rings is 1. The van der Waals surface area contributed by atoms with E-state index in [1.54, 1.807) is 25.3 Å². The first-order valence-corrected chi connectivity index (χ1v) is 8.93. The number of amides is 1. The van der Waals surface area contributed by atoms with E-state index in [4.69, 9.17) is 17.0 Å². The molecule has 0 radical (unpaired) electrons. The molecule has 2 aromatic rings. The zero-order valence-corrected chi connectivity index (χ0v) is 15.4. The second kappa shape index (κ2) is 7.09.